The average Bonchev–Trinajstić information content (AvgIpc) is 3.12. The van der Waals surface area contributed by atoms with E-state index in [1.165, 1.54) is 11.3 Å². The molecule has 4 atom stereocenters. The first-order valence-corrected chi connectivity index (χ1v) is 8.22. The van der Waals surface area contributed by atoms with Gasteiger partial charge in [0.05, 0.1) is 11.5 Å². The number of rotatable bonds is 4. The van der Waals surface area contributed by atoms with Crippen molar-refractivity contribution in [3.05, 3.63) is 28.2 Å². The molecular weight excluding hydrogens is 316 g/mol. The van der Waals surface area contributed by atoms with Gasteiger partial charge in [-0.15, -0.1) is 11.3 Å². The molecule has 0 spiro atoms. The molecule has 7 heteroatoms. The first-order chi connectivity index (χ1) is 10.8. The predicted molar refractivity (Wildman–Crippen MR) is 83.7 cm³/mol. The van der Waals surface area contributed by atoms with Gasteiger partial charge in [-0.05, 0) is 37.7 Å². The number of carbonyl (C=O) groups is 3. The number of fused-ring (bicyclic) bond motifs is 2. The monoisotopic (exact) mass is 333 g/mol. The Morgan fingerprint density at radius 1 is 1.22 bits per heavy atom. The molecule has 0 unspecified atom stereocenters. The Labute approximate surface area is 137 Å². The van der Waals surface area contributed by atoms with Gasteiger partial charge in [0.2, 0.25) is 5.91 Å². The van der Waals surface area contributed by atoms with E-state index >= 15 is 0 Å². The molecule has 1 heterocycles. The van der Waals surface area contributed by atoms with Crippen molar-refractivity contribution in [2.45, 2.75) is 20.3 Å². The molecule has 6 nitrogen and oxygen atoms in total. The maximum atomic E-state index is 12.6. The lowest BCUT2D eigenvalue weighted by Gasteiger charge is -2.27. The van der Waals surface area contributed by atoms with Gasteiger partial charge in [0, 0.05) is 16.8 Å². The Bertz CT molecular complexity index is 737. The molecule has 0 aromatic carbocycles. The van der Waals surface area contributed by atoms with Crippen LogP contribution in [0, 0.1) is 37.5 Å². The second-order valence-electron chi connectivity index (χ2n) is 6.16. The van der Waals surface area contributed by atoms with Gasteiger partial charge in [-0.2, -0.15) is 0 Å². The molecule has 2 amide bonds. The molecule has 0 radical (unpaired) electrons. The number of aryl methyl sites for hydroxylation is 1. The third-order valence-corrected chi connectivity index (χ3v) is 6.03. The van der Waals surface area contributed by atoms with Crippen LogP contribution in [0.15, 0.2) is 12.2 Å². The highest BCUT2D eigenvalue weighted by Crippen LogP contribution is 2.48. The lowest BCUT2D eigenvalue weighted by Crippen LogP contribution is -2.43. The minimum absolute atomic E-state index is 0.0953. The van der Waals surface area contributed by atoms with Crippen LogP contribution < -0.4 is 16.2 Å². The average molecular weight is 333 g/mol. The molecule has 3 rings (SSSR count). The number of thiophene rings is 1. The van der Waals surface area contributed by atoms with Crippen molar-refractivity contribution in [3.63, 3.8) is 0 Å². The van der Waals surface area contributed by atoms with Crippen molar-refractivity contribution in [2.24, 2.45) is 29.4 Å². The van der Waals surface area contributed by atoms with E-state index in [2.05, 4.69) is 5.32 Å². The van der Waals surface area contributed by atoms with Gasteiger partial charge in [-0.1, -0.05) is 12.2 Å². The van der Waals surface area contributed by atoms with Crippen LogP contribution in [0.2, 0.25) is 0 Å². The van der Waals surface area contributed by atoms with Gasteiger partial charge < -0.3 is 21.0 Å². The van der Waals surface area contributed by atoms with Gasteiger partial charge in [0.15, 0.2) is 0 Å². The molecule has 0 saturated heterocycles. The summed E-state index contributed by atoms with van der Waals surface area (Å²) in [4.78, 5) is 36.5. The second kappa shape index (κ2) is 5.49. The summed E-state index contributed by atoms with van der Waals surface area (Å²) >= 11 is 1.27. The summed E-state index contributed by atoms with van der Waals surface area (Å²) in [7, 11) is 0. The highest BCUT2D eigenvalue weighted by atomic mass is 32.1. The number of carbonyl (C=O) groups excluding carboxylic acids is 3. The van der Waals surface area contributed by atoms with E-state index in [-0.39, 0.29) is 17.7 Å². The summed E-state index contributed by atoms with van der Waals surface area (Å²) < 4.78 is 0. The fourth-order valence-electron chi connectivity index (χ4n) is 3.71. The number of hydrogen-bond acceptors (Lipinski definition) is 5. The topological polar surface area (TPSA) is 112 Å². The van der Waals surface area contributed by atoms with E-state index in [9.17, 15) is 19.5 Å². The molecule has 0 aliphatic heterocycles. The van der Waals surface area contributed by atoms with Crippen LogP contribution in [0.1, 0.15) is 27.2 Å². The molecule has 1 fully saturated rings. The molecule has 1 saturated carbocycles. The highest BCUT2D eigenvalue weighted by molar-refractivity contribution is 7.16. The normalized spacial score (nSPS) is 28.1. The standard InChI is InChI=1S/C16H18N2O4S/c1-6-7(2)23-15(10(6)13(17)19)18-14(20)11-8-3-4-9(5-8)12(11)16(21)22/h3-4,8-9,11-12H,5H2,1-2H3,(H2,17,19)(H,18,20)(H,21,22)/p-1/t8-,9+,11-,12+/m1/s1. The van der Waals surface area contributed by atoms with Gasteiger partial charge in [0.1, 0.15) is 5.00 Å². The summed E-state index contributed by atoms with van der Waals surface area (Å²) in [5, 5.41) is 14.5. The second-order valence-corrected chi connectivity index (χ2v) is 7.38. The van der Waals surface area contributed by atoms with Crippen LogP contribution in [-0.4, -0.2) is 17.8 Å². The van der Waals surface area contributed by atoms with Crippen molar-refractivity contribution < 1.29 is 19.5 Å². The summed E-state index contributed by atoms with van der Waals surface area (Å²) in [5.41, 5.74) is 6.43. The van der Waals surface area contributed by atoms with Crippen LogP contribution in [0.5, 0.6) is 0 Å². The van der Waals surface area contributed by atoms with Crippen molar-refractivity contribution in [2.75, 3.05) is 5.32 Å². The quantitative estimate of drug-likeness (QED) is 0.785. The lowest BCUT2D eigenvalue weighted by atomic mass is 9.82. The van der Waals surface area contributed by atoms with Crippen molar-refractivity contribution in [3.8, 4) is 0 Å². The summed E-state index contributed by atoms with van der Waals surface area (Å²) in [6, 6.07) is 0. The number of allylic oxidation sites excluding steroid dienone is 2. The van der Waals surface area contributed by atoms with Crippen LogP contribution in [0.4, 0.5) is 5.00 Å². The maximum absolute atomic E-state index is 12.6. The number of nitrogens with one attached hydrogen (secondary N) is 1. The van der Waals surface area contributed by atoms with Crippen molar-refractivity contribution in [1.82, 2.24) is 0 Å². The zero-order chi connectivity index (χ0) is 16.9. The van der Waals surface area contributed by atoms with E-state index in [0.29, 0.717) is 17.0 Å². The Balaban J connectivity index is 1.88. The van der Waals surface area contributed by atoms with E-state index < -0.39 is 23.7 Å². The first-order valence-electron chi connectivity index (χ1n) is 7.41. The van der Waals surface area contributed by atoms with Crippen LogP contribution >= 0.6 is 11.3 Å². The molecule has 122 valence electrons. The molecule has 2 aliphatic carbocycles. The molecule has 2 aliphatic rings. The summed E-state index contributed by atoms with van der Waals surface area (Å²) in [6.07, 6.45) is 4.40. The Morgan fingerprint density at radius 2 is 1.83 bits per heavy atom. The third kappa shape index (κ3) is 2.45. The third-order valence-electron chi connectivity index (χ3n) is 4.90. The smallest absolute Gasteiger partial charge is 0.251 e. The van der Waals surface area contributed by atoms with Crippen LogP contribution in [-0.2, 0) is 9.59 Å². The number of aliphatic carboxylic acids is 1. The number of hydrogen-bond donors (Lipinski definition) is 2. The number of amides is 2. The number of anilines is 1. The van der Waals surface area contributed by atoms with E-state index in [4.69, 9.17) is 5.73 Å². The largest absolute Gasteiger partial charge is 0.550 e. The zero-order valence-electron chi connectivity index (χ0n) is 12.8. The van der Waals surface area contributed by atoms with E-state index in [1.807, 2.05) is 19.1 Å². The van der Waals surface area contributed by atoms with Gasteiger partial charge in [-0.25, -0.2) is 0 Å². The molecule has 1 aromatic rings. The van der Waals surface area contributed by atoms with E-state index in [0.717, 1.165) is 10.4 Å². The lowest BCUT2D eigenvalue weighted by molar-refractivity contribution is -0.313. The summed E-state index contributed by atoms with van der Waals surface area (Å²) in [6.45, 7) is 3.61. The van der Waals surface area contributed by atoms with Gasteiger partial charge in [0.25, 0.3) is 5.91 Å². The minimum Gasteiger partial charge on any atom is -0.550 e. The number of nitrogens with two attached hydrogens (primary N) is 1. The van der Waals surface area contributed by atoms with Gasteiger partial charge in [-0.3, -0.25) is 9.59 Å². The Hall–Kier alpha value is -2.15. The molecular formula is C16H17N2O4S-. The number of carboxylic acids is 1. The molecule has 2 bridgehead atoms. The summed E-state index contributed by atoms with van der Waals surface area (Å²) in [5.74, 6) is -3.92. The number of primary amides is 1. The zero-order valence-corrected chi connectivity index (χ0v) is 13.6. The molecule has 1 aromatic heterocycles. The predicted octanol–water partition coefficient (Wildman–Crippen LogP) is 0.591. The first kappa shape index (κ1) is 15.7. The van der Waals surface area contributed by atoms with Gasteiger partial charge >= 0.3 is 0 Å². The minimum atomic E-state index is -1.20. The Morgan fingerprint density at radius 3 is 2.39 bits per heavy atom. The van der Waals surface area contributed by atoms with Crippen LogP contribution in [0.25, 0.3) is 0 Å². The highest BCUT2D eigenvalue weighted by Gasteiger charge is 2.48. The molecule has 23 heavy (non-hydrogen) atoms. The fourth-order valence-corrected chi connectivity index (χ4v) is 4.78. The van der Waals surface area contributed by atoms with E-state index in [1.54, 1.807) is 6.92 Å². The Kier molecular flexibility index (Phi) is 3.75. The maximum Gasteiger partial charge on any atom is 0.251 e. The fraction of sp³-hybridized carbons (Fsp3) is 0.438. The van der Waals surface area contributed by atoms with Crippen molar-refractivity contribution in [1.29, 1.82) is 0 Å². The number of carboxylic acid groups (broad SMARTS) is 1. The molecule has 3 N–H and O–H groups in total. The van der Waals surface area contributed by atoms with Crippen LogP contribution in [0.3, 0.4) is 0 Å². The van der Waals surface area contributed by atoms with Crippen molar-refractivity contribution >= 4 is 34.1 Å². The SMILES string of the molecule is Cc1sc(NC(=O)[C@H]2[C@@H](C(=O)[O-])[C@H]3C=C[C@@H]2C3)c(C(N)=O)c1C.